The summed E-state index contributed by atoms with van der Waals surface area (Å²) < 4.78 is 0. The quantitative estimate of drug-likeness (QED) is 0.806. The van der Waals surface area contributed by atoms with Crippen LogP contribution in [0, 0.1) is 6.92 Å². The average Bonchev–Trinajstić information content (AvgIpc) is 2.25. The van der Waals surface area contributed by atoms with Crippen LogP contribution in [0.2, 0.25) is 0 Å². The van der Waals surface area contributed by atoms with Gasteiger partial charge in [0, 0.05) is 31.4 Å². The van der Waals surface area contributed by atoms with Crippen molar-refractivity contribution in [3.05, 3.63) is 29.3 Å². The molecular formula is C13H21N3S. The molecule has 0 heterocycles. The van der Waals surface area contributed by atoms with Gasteiger partial charge < -0.3 is 15.5 Å². The van der Waals surface area contributed by atoms with E-state index in [1.165, 1.54) is 5.69 Å². The van der Waals surface area contributed by atoms with E-state index >= 15 is 0 Å². The smallest absolute Gasteiger partial charge is 0.104 e. The first-order valence-corrected chi connectivity index (χ1v) is 6.09. The molecule has 0 aliphatic carbocycles. The highest BCUT2D eigenvalue weighted by Crippen LogP contribution is 2.18. The van der Waals surface area contributed by atoms with Gasteiger partial charge in [0.1, 0.15) is 4.99 Å². The Balaban J connectivity index is 2.79. The third-order valence-corrected chi connectivity index (χ3v) is 3.02. The van der Waals surface area contributed by atoms with Gasteiger partial charge in [-0.15, -0.1) is 0 Å². The number of hydrogen-bond acceptors (Lipinski definition) is 3. The second kappa shape index (κ2) is 5.98. The largest absolute Gasteiger partial charge is 0.389 e. The number of nitrogens with zero attached hydrogens (tertiary/aromatic N) is 2. The molecule has 94 valence electrons. The summed E-state index contributed by atoms with van der Waals surface area (Å²) in [5.74, 6) is 0. The number of anilines is 1. The molecule has 0 aromatic heterocycles. The zero-order valence-electron chi connectivity index (χ0n) is 11.0. The van der Waals surface area contributed by atoms with Crippen molar-refractivity contribution >= 4 is 22.9 Å². The first kappa shape index (κ1) is 13.9. The summed E-state index contributed by atoms with van der Waals surface area (Å²) in [6, 6.07) is 6.19. The van der Waals surface area contributed by atoms with Crippen LogP contribution < -0.4 is 10.6 Å². The SMILES string of the molecule is Cc1cc(N(C)CCN(C)C)ccc1C(N)=S. The van der Waals surface area contributed by atoms with Gasteiger partial charge in [0.25, 0.3) is 0 Å². The predicted octanol–water partition coefficient (Wildman–Crippen LogP) is 1.63. The summed E-state index contributed by atoms with van der Waals surface area (Å²) in [5.41, 5.74) is 8.94. The van der Waals surface area contributed by atoms with Gasteiger partial charge in [0.2, 0.25) is 0 Å². The Labute approximate surface area is 109 Å². The fourth-order valence-corrected chi connectivity index (χ4v) is 1.87. The molecule has 1 aromatic rings. The first-order valence-electron chi connectivity index (χ1n) is 5.68. The Morgan fingerprint density at radius 1 is 1.24 bits per heavy atom. The zero-order chi connectivity index (χ0) is 13.0. The summed E-state index contributed by atoms with van der Waals surface area (Å²) in [5, 5.41) is 0. The van der Waals surface area contributed by atoms with Crippen molar-refractivity contribution in [1.29, 1.82) is 0 Å². The van der Waals surface area contributed by atoms with E-state index in [0.717, 1.165) is 24.2 Å². The van der Waals surface area contributed by atoms with Gasteiger partial charge in [0.05, 0.1) is 0 Å². The highest BCUT2D eigenvalue weighted by atomic mass is 32.1. The number of aryl methyl sites for hydroxylation is 1. The van der Waals surface area contributed by atoms with E-state index in [-0.39, 0.29) is 0 Å². The third kappa shape index (κ3) is 3.98. The Bertz CT molecular complexity index is 402. The van der Waals surface area contributed by atoms with Gasteiger partial charge in [-0.1, -0.05) is 12.2 Å². The van der Waals surface area contributed by atoms with Gasteiger partial charge in [-0.2, -0.15) is 0 Å². The standard InChI is InChI=1S/C13H21N3S/c1-10-9-11(5-6-12(10)13(14)17)16(4)8-7-15(2)3/h5-6,9H,7-8H2,1-4H3,(H2,14,17). The van der Waals surface area contributed by atoms with E-state index in [1.54, 1.807) is 0 Å². The van der Waals surface area contributed by atoms with Crippen LogP contribution in [0.4, 0.5) is 5.69 Å². The van der Waals surface area contributed by atoms with Crippen molar-refractivity contribution in [2.45, 2.75) is 6.92 Å². The molecule has 0 fully saturated rings. The fourth-order valence-electron chi connectivity index (χ4n) is 1.64. The molecule has 0 radical (unpaired) electrons. The maximum absolute atomic E-state index is 5.65. The van der Waals surface area contributed by atoms with Crippen LogP contribution in [0.1, 0.15) is 11.1 Å². The molecule has 3 nitrogen and oxygen atoms in total. The molecule has 0 spiro atoms. The minimum atomic E-state index is 0.463. The Morgan fingerprint density at radius 3 is 2.35 bits per heavy atom. The van der Waals surface area contributed by atoms with Crippen molar-refractivity contribution in [3.8, 4) is 0 Å². The number of hydrogen-bond donors (Lipinski definition) is 1. The summed E-state index contributed by atoms with van der Waals surface area (Å²) in [6.07, 6.45) is 0. The predicted molar refractivity (Wildman–Crippen MR) is 78.9 cm³/mol. The molecule has 4 heteroatoms. The molecular weight excluding hydrogens is 230 g/mol. The van der Waals surface area contributed by atoms with Crippen molar-refractivity contribution in [2.75, 3.05) is 39.1 Å². The van der Waals surface area contributed by atoms with E-state index in [0.29, 0.717) is 4.99 Å². The number of rotatable bonds is 5. The van der Waals surface area contributed by atoms with Crippen LogP contribution in [0.5, 0.6) is 0 Å². The monoisotopic (exact) mass is 251 g/mol. The van der Waals surface area contributed by atoms with Gasteiger partial charge in [0.15, 0.2) is 0 Å². The second-order valence-electron chi connectivity index (χ2n) is 4.59. The van der Waals surface area contributed by atoms with Gasteiger partial charge in [-0.05, 0) is 44.8 Å². The van der Waals surface area contributed by atoms with Crippen molar-refractivity contribution in [2.24, 2.45) is 5.73 Å². The van der Waals surface area contributed by atoms with Gasteiger partial charge in [-0.3, -0.25) is 0 Å². The van der Waals surface area contributed by atoms with E-state index in [9.17, 15) is 0 Å². The van der Waals surface area contributed by atoms with Crippen LogP contribution in [0.3, 0.4) is 0 Å². The molecule has 17 heavy (non-hydrogen) atoms. The van der Waals surface area contributed by atoms with E-state index < -0.39 is 0 Å². The van der Waals surface area contributed by atoms with E-state index in [2.05, 4.69) is 43.1 Å². The maximum atomic E-state index is 5.65. The summed E-state index contributed by atoms with van der Waals surface area (Å²) in [7, 11) is 6.25. The van der Waals surface area contributed by atoms with E-state index in [4.69, 9.17) is 18.0 Å². The Kier molecular flexibility index (Phi) is 4.90. The molecule has 0 amide bonds. The van der Waals surface area contributed by atoms with E-state index in [1.807, 2.05) is 13.0 Å². The Morgan fingerprint density at radius 2 is 1.88 bits per heavy atom. The lowest BCUT2D eigenvalue weighted by Gasteiger charge is -2.22. The normalized spacial score (nSPS) is 10.6. The van der Waals surface area contributed by atoms with Crippen LogP contribution in [-0.4, -0.2) is 44.1 Å². The topological polar surface area (TPSA) is 32.5 Å². The molecule has 0 atom stereocenters. The molecule has 1 aromatic carbocycles. The number of thiocarbonyl (C=S) groups is 1. The number of nitrogens with two attached hydrogens (primary N) is 1. The molecule has 2 N–H and O–H groups in total. The van der Waals surface area contributed by atoms with Crippen molar-refractivity contribution in [1.82, 2.24) is 4.90 Å². The molecule has 0 aliphatic heterocycles. The van der Waals surface area contributed by atoms with Crippen LogP contribution in [0.15, 0.2) is 18.2 Å². The number of benzene rings is 1. The fraction of sp³-hybridized carbons (Fsp3) is 0.462. The summed E-state index contributed by atoms with van der Waals surface area (Å²) in [4.78, 5) is 4.87. The molecule has 0 saturated heterocycles. The lowest BCUT2D eigenvalue weighted by molar-refractivity contribution is 0.416. The lowest BCUT2D eigenvalue weighted by Crippen LogP contribution is -2.28. The summed E-state index contributed by atoms with van der Waals surface area (Å²) >= 11 is 5.00. The number of likely N-dealkylation sites (N-methyl/N-ethyl adjacent to an activating group) is 2. The highest BCUT2D eigenvalue weighted by Gasteiger charge is 2.06. The second-order valence-corrected chi connectivity index (χ2v) is 5.03. The third-order valence-electron chi connectivity index (χ3n) is 2.80. The maximum Gasteiger partial charge on any atom is 0.104 e. The van der Waals surface area contributed by atoms with Crippen LogP contribution in [0.25, 0.3) is 0 Å². The van der Waals surface area contributed by atoms with Gasteiger partial charge >= 0.3 is 0 Å². The minimum Gasteiger partial charge on any atom is -0.389 e. The van der Waals surface area contributed by atoms with Gasteiger partial charge in [-0.25, -0.2) is 0 Å². The molecule has 0 aliphatic rings. The molecule has 0 unspecified atom stereocenters. The lowest BCUT2D eigenvalue weighted by atomic mass is 10.1. The molecule has 0 bridgehead atoms. The molecule has 1 rings (SSSR count). The summed E-state index contributed by atoms with van der Waals surface area (Å²) in [6.45, 7) is 4.07. The van der Waals surface area contributed by atoms with Crippen molar-refractivity contribution < 1.29 is 0 Å². The highest BCUT2D eigenvalue weighted by molar-refractivity contribution is 7.80. The molecule has 0 saturated carbocycles. The van der Waals surface area contributed by atoms with Crippen LogP contribution >= 0.6 is 12.2 Å². The average molecular weight is 251 g/mol. The first-order chi connectivity index (χ1) is 7.91. The van der Waals surface area contributed by atoms with Crippen LogP contribution in [-0.2, 0) is 0 Å². The minimum absolute atomic E-state index is 0.463. The van der Waals surface area contributed by atoms with Crippen molar-refractivity contribution in [3.63, 3.8) is 0 Å². The Hall–Kier alpha value is -1.13. The zero-order valence-corrected chi connectivity index (χ0v) is 11.8.